The number of ether oxygens (including phenoxy) is 1. The number of hydrogen-bond donors (Lipinski definition) is 1. The zero-order valence-electron chi connectivity index (χ0n) is 8.87. The molecule has 1 aliphatic rings. The fraction of sp³-hybridized carbons (Fsp3) is 0.909. The molecule has 0 aromatic carbocycles. The smallest absolute Gasteiger partial charge is 0.309 e. The molecule has 1 aliphatic carbocycles. The van der Waals surface area contributed by atoms with Crippen LogP contribution in [0.25, 0.3) is 0 Å². The highest BCUT2D eigenvalue weighted by atomic mass is 16.5. The van der Waals surface area contributed by atoms with Crippen LogP contribution in [0.5, 0.6) is 0 Å². The second-order valence-corrected chi connectivity index (χ2v) is 3.96. The molecule has 0 amide bonds. The number of carbonyl (C=O) groups is 1. The van der Waals surface area contributed by atoms with E-state index in [2.05, 4.69) is 0 Å². The molecule has 1 saturated carbocycles. The Kier molecular flexibility index (Phi) is 4.94. The Morgan fingerprint density at radius 2 is 2.14 bits per heavy atom. The summed E-state index contributed by atoms with van der Waals surface area (Å²) in [6, 6.07) is 0. The largest absolute Gasteiger partial charge is 0.462 e. The van der Waals surface area contributed by atoms with Gasteiger partial charge < -0.3 is 9.84 Å². The lowest BCUT2D eigenvalue weighted by atomic mass is 10.0. The van der Waals surface area contributed by atoms with E-state index in [1.807, 2.05) is 6.92 Å². The van der Waals surface area contributed by atoms with Crippen molar-refractivity contribution in [1.82, 2.24) is 0 Å². The summed E-state index contributed by atoms with van der Waals surface area (Å²) in [5.41, 5.74) is 0. The molecule has 0 aromatic heterocycles. The van der Waals surface area contributed by atoms with E-state index >= 15 is 0 Å². The number of esters is 1. The summed E-state index contributed by atoms with van der Waals surface area (Å²) in [5.74, 6) is -0.228. The molecule has 14 heavy (non-hydrogen) atoms. The maximum Gasteiger partial charge on any atom is 0.309 e. The van der Waals surface area contributed by atoms with Crippen molar-refractivity contribution < 1.29 is 14.6 Å². The van der Waals surface area contributed by atoms with Crippen molar-refractivity contribution in [3.8, 4) is 0 Å². The first kappa shape index (κ1) is 11.5. The predicted octanol–water partition coefficient (Wildman–Crippen LogP) is 1.88. The zero-order valence-corrected chi connectivity index (χ0v) is 8.87. The lowest BCUT2D eigenvalue weighted by molar-refractivity contribution is -0.154. The molecule has 0 radical (unpaired) electrons. The van der Waals surface area contributed by atoms with Gasteiger partial charge in [0.15, 0.2) is 0 Å². The van der Waals surface area contributed by atoms with Crippen LogP contribution in [0.4, 0.5) is 0 Å². The quantitative estimate of drug-likeness (QED) is 0.689. The summed E-state index contributed by atoms with van der Waals surface area (Å²) < 4.78 is 5.37. The van der Waals surface area contributed by atoms with Crippen molar-refractivity contribution in [3.05, 3.63) is 0 Å². The van der Waals surface area contributed by atoms with E-state index in [4.69, 9.17) is 9.84 Å². The van der Waals surface area contributed by atoms with Gasteiger partial charge in [0.1, 0.15) is 6.10 Å². The molecule has 82 valence electrons. The first-order valence-corrected chi connectivity index (χ1v) is 5.59. The van der Waals surface area contributed by atoms with Crippen LogP contribution >= 0.6 is 0 Å². The Morgan fingerprint density at radius 1 is 1.50 bits per heavy atom. The van der Waals surface area contributed by atoms with Crippen LogP contribution in [0, 0.1) is 5.92 Å². The molecule has 0 heterocycles. The number of hydrogen-bond acceptors (Lipinski definition) is 3. The zero-order chi connectivity index (χ0) is 10.4. The molecule has 1 atom stereocenters. The van der Waals surface area contributed by atoms with Crippen molar-refractivity contribution in [2.75, 3.05) is 6.61 Å². The van der Waals surface area contributed by atoms with Gasteiger partial charge in [-0.2, -0.15) is 0 Å². The average molecular weight is 200 g/mol. The van der Waals surface area contributed by atoms with E-state index in [9.17, 15) is 4.79 Å². The number of carbonyl (C=O) groups excluding carboxylic acids is 1. The second-order valence-electron chi connectivity index (χ2n) is 3.96. The van der Waals surface area contributed by atoms with Crippen LogP contribution in [0.2, 0.25) is 0 Å². The van der Waals surface area contributed by atoms with Crippen LogP contribution in [0.15, 0.2) is 0 Å². The van der Waals surface area contributed by atoms with Crippen molar-refractivity contribution in [3.63, 3.8) is 0 Å². The Hall–Kier alpha value is -0.570. The lowest BCUT2D eigenvalue weighted by Crippen LogP contribution is -2.23. The molecular formula is C11H20O3. The summed E-state index contributed by atoms with van der Waals surface area (Å²) in [4.78, 5) is 11.6. The fourth-order valence-electron chi connectivity index (χ4n) is 1.91. The van der Waals surface area contributed by atoms with Crippen molar-refractivity contribution in [2.45, 2.75) is 51.6 Å². The average Bonchev–Trinajstić information content (AvgIpc) is 2.66. The second kappa shape index (κ2) is 6.02. The van der Waals surface area contributed by atoms with Crippen LogP contribution in [0.3, 0.4) is 0 Å². The monoisotopic (exact) mass is 200 g/mol. The number of rotatable bonds is 5. The number of aliphatic hydroxyl groups excluding tert-OH is 1. The Morgan fingerprint density at radius 3 is 2.64 bits per heavy atom. The van der Waals surface area contributed by atoms with Gasteiger partial charge >= 0.3 is 5.97 Å². The highest BCUT2D eigenvalue weighted by Gasteiger charge is 2.23. The van der Waals surface area contributed by atoms with Gasteiger partial charge in [-0.1, -0.05) is 6.92 Å². The Balaban J connectivity index is 2.30. The Bertz CT molecular complexity index is 173. The standard InChI is InChI=1S/C11H20O3/c1-2-9(7-8-12)11(13)14-10-5-3-4-6-10/h9-10,12H,2-8H2,1H3. The molecule has 0 bridgehead atoms. The third kappa shape index (κ3) is 3.29. The molecule has 0 aliphatic heterocycles. The van der Waals surface area contributed by atoms with Gasteiger partial charge in [-0.05, 0) is 38.5 Å². The van der Waals surface area contributed by atoms with Gasteiger partial charge in [-0.3, -0.25) is 4.79 Å². The maximum absolute atomic E-state index is 11.6. The first-order chi connectivity index (χ1) is 6.77. The normalized spacial score (nSPS) is 19.6. The molecule has 3 nitrogen and oxygen atoms in total. The van der Waals surface area contributed by atoms with Crippen LogP contribution in [-0.4, -0.2) is 23.8 Å². The summed E-state index contributed by atoms with van der Waals surface area (Å²) in [6.45, 7) is 2.02. The minimum absolute atomic E-state index is 0.0677. The molecule has 0 aromatic rings. The van der Waals surface area contributed by atoms with Gasteiger partial charge in [0.25, 0.3) is 0 Å². The van der Waals surface area contributed by atoms with Gasteiger partial charge in [-0.25, -0.2) is 0 Å². The van der Waals surface area contributed by atoms with Gasteiger partial charge in [0, 0.05) is 6.61 Å². The first-order valence-electron chi connectivity index (χ1n) is 5.59. The minimum atomic E-state index is -0.117. The SMILES string of the molecule is CCC(CCO)C(=O)OC1CCCC1. The minimum Gasteiger partial charge on any atom is -0.462 e. The van der Waals surface area contributed by atoms with Crippen molar-refractivity contribution in [1.29, 1.82) is 0 Å². The molecular weight excluding hydrogens is 180 g/mol. The number of aliphatic hydroxyl groups is 1. The molecule has 0 spiro atoms. The summed E-state index contributed by atoms with van der Waals surface area (Å²) in [6.07, 6.45) is 5.82. The summed E-state index contributed by atoms with van der Waals surface area (Å²) in [7, 11) is 0. The van der Waals surface area contributed by atoms with Crippen LogP contribution in [0.1, 0.15) is 45.4 Å². The highest BCUT2D eigenvalue weighted by Crippen LogP contribution is 2.23. The van der Waals surface area contributed by atoms with Gasteiger partial charge in [0.05, 0.1) is 5.92 Å². The van der Waals surface area contributed by atoms with E-state index in [-0.39, 0.29) is 24.6 Å². The fourth-order valence-corrected chi connectivity index (χ4v) is 1.91. The molecule has 1 N–H and O–H groups in total. The van der Waals surface area contributed by atoms with E-state index < -0.39 is 0 Å². The van der Waals surface area contributed by atoms with E-state index in [1.165, 1.54) is 12.8 Å². The molecule has 3 heteroatoms. The predicted molar refractivity (Wildman–Crippen MR) is 53.8 cm³/mol. The van der Waals surface area contributed by atoms with E-state index in [0.717, 1.165) is 19.3 Å². The van der Waals surface area contributed by atoms with Crippen molar-refractivity contribution >= 4 is 5.97 Å². The van der Waals surface area contributed by atoms with E-state index in [1.54, 1.807) is 0 Å². The van der Waals surface area contributed by atoms with E-state index in [0.29, 0.717) is 6.42 Å². The molecule has 1 unspecified atom stereocenters. The lowest BCUT2D eigenvalue weighted by Gasteiger charge is -2.16. The maximum atomic E-state index is 11.6. The van der Waals surface area contributed by atoms with Crippen LogP contribution < -0.4 is 0 Å². The van der Waals surface area contributed by atoms with Crippen molar-refractivity contribution in [2.24, 2.45) is 5.92 Å². The molecule has 1 rings (SSSR count). The van der Waals surface area contributed by atoms with Gasteiger partial charge in [0.2, 0.25) is 0 Å². The summed E-state index contributed by atoms with van der Waals surface area (Å²) in [5, 5.41) is 8.77. The molecule has 0 saturated heterocycles. The third-order valence-corrected chi connectivity index (χ3v) is 2.89. The summed E-state index contributed by atoms with van der Waals surface area (Å²) >= 11 is 0. The molecule has 1 fully saturated rings. The highest BCUT2D eigenvalue weighted by molar-refractivity contribution is 5.72. The van der Waals surface area contributed by atoms with Gasteiger partial charge in [-0.15, -0.1) is 0 Å². The Labute approximate surface area is 85.5 Å². The third-order valence-electron chi connectivity index (χ3n) is 2.89. The topological polar surface area (TPSA) is 46.5 Å². The van der Waals surface area contributed by atoms with Crippen LogP contribution in [-0.2, 0) is 9.53 Å².